The van der Waals surface area contributed by atoms with Crippen LogP contribution in [0.25, 0.3) is 0 Å². The van der Waals surface area contributed by atoms with Gasteiger partial charge in [0.2, 0.25) is 0 Å². The second-order valence-electron chi connectivity index (χ2n) is 6.39. The molecule has 1 fully saturated rings. The largest absolute Gasteiger partial charge is 0.271 e. The number of amides is 1. The number of hydrogen-bond acceptors (Lipinski definition) is 3. The van der Waals surface area contributed by atoms with Crippen molar-refractivity contribution in [3.63, 3.8) is 0 Å². The lowest BCUT2D eigenvalue weighted by molar-refractivity contribution is 0.0954. The van der Waals surface area contributed by atoms with E-state index < -0.39 is 0 Å². The van der Waals surface area contributed by atoms with Crippen LogP contribution >= 0.6 is 0 Å². The van der Waals surface area contributed by atoms with Crippen LogP contribution in [0.2, 0.25) is 0 Å². The van der Waals surface area contributed by atoms with Crippen molar-refractivity contribution < 1.29 is 4.79 Å². The van der Waals surface area contributed by atoms with Crippen molar-refractivity contribution in [2.75, 3.05) is 0 Å². The molecule has 0 bridgehead atoms. The molecule has 2 aromatic rings. The molecule has 1 heterocycles. The number of nitrogens with one attached hydrogen (secondary N) is 1. The Bertz CT molecular complexity index is 689. The number of nitrogens with zero attached hydrogens (tertiary/aromatic N) is 2. The van der Waals surface area contributed by atoms with E-state index in [0.29, 0.717) is 17.4 Å². The predicted molar refractivity (Wildman–Crippen MR) is 96.0 cm³/mol. The first-order valence-corrected chi connectivity index (χ1v) is 8.53. The molecule has 0 radical (unpaired) electrons. The SMILES string of the molecule is C/C(=N\NC(=O)c1ccncc1)C1CCC(c2ccccc2)CC1. The van der Waals surface area contributed by atoms with Crippen molar-refractivity contribution in [2.45, 2.75) is 38.5 Å². The Balaban J connectivity index is 1.53. The Kier molecular flexibility index (Phi) is 5.36. The maximum atomic E-state index is 12.0. The molecule has 24 heavy (non-hydrogen) atoms. The van der Waals surface area contributed by atoms with E-state index in [1.54, 1.807) is 24.5 Å². The molecule has 0 aliphatic heterocycles. The van der Waals surface area contributed by atoms with Crippen molar-refractivity contribution in [3.8, 4) is 0 Å². The van der Waals surface area contributed by atoms with Gasteiger partial charge in [-0.05, 0) is 62.1 Å². The summed E-state index contributed by atoms with van der Waals surface area (Å²) in [6.07, 6.45) is 7.83. The van der Waals surface area contributed by atoms with Gasteiger partial charge >= 0.3 is 0 Å². The Hall–Kier alpha value is -2.49. The zero-order valence-electron chi connectivity index (χ0n) is 14.0. The number of rotatable bonds is 4. The maximum absolute atomic E-state index is 12.0. The fourth-order valence-corrected chi connectivity index (χ4v) is 3.37. The minimum atomic E-state index is -0.185. The fourth-order valence-electron chi connectivity index (χ4n) is 3.37. The molecular weight excluding hydrogens is 298 g/mol. The molecule has 1 amide bonds. The second kappa shape index (κ2) is 7.86. The summed E-state index contributed by atoms with van der Waals surface area (Å²) in [4.78, 5) is 15.9. The van der Waals surface area contributed by atoms with Crippen molar-refractivity contribution in [1.29, 1.82) is 0 Å². The normalized spacial score (nSPS) is 21.3. The van der Waals surface area contributed by atoms with Crippen LogP contribution in [0.1, 0.15) is 54.4 Å². The Morgan fingerprint density at radius 1 is 1.04 bits per heavy atom. The van der Waals surface area contributed by atoms with E-state index >= 15 is 0 Å². The molecule has 0 atom stereocenters. The van der Waals surface area contributed by atoms with E-state index in [1.807, 2.05) is 6.92 Å². The van der Waals surface area contributed by atoms with Crippen LogP contribution in [0.5, 0.6) is 0 Å². The average Bonchev–Trinajstić information content (AvgIpc) is 2.67. The standard InChI is InChI=1S/C20H23N3O/c1-15(22-23-20(24)19-11-13-21-14-12-19)16-7-9-18(10-8-16)17-5-3-2-4-6-17/h2-6,11-14,16,18H,7-10H2,1H3,(H,23,24)/b22-15+. The van der Waals surface area contributed by atoms with Crippen LogP contribution in [-0.4, -0.2) is 16.6 Å². The van der Waals surface area contributed by atoms with Gasteiger partial charge in [0.05, 0.1) is 0 Å². The highest BCUT2D eigenvalue weighted by Crippen LogP contribution is 2.36. The van der Waals surface area contributed by atoms with Crippen LogP contribution in [0, 0.1) is 5.92 Å². The van der Waals surface area contributed by atoms with E-state index in [1.165, 1.54) is 18.4 Å². The number of carbonyl (C=O) groups is 1. The zero-order chi connectivity index (χ0) is 16.8. The van der Waals surface area contributed by atoms with Crippen LogP contribution in [0.3, 0.4) is 0 Å². The lowest BCUT2D eigenvalue weighted by Gasteiger charge is -2.28. The van der Waals surface area contributed by atoms with Crippen LogP contribution < -0.4 is 5.43 Å². The van der Waals surface area contributed by atoms with Gasteiger partial charge in [-0.15, -0.1) is 0 Å². The smallest absolute Gasteiger partial charge is 0.267 e. The minimum absolute atomic E-state index is 0.185. The first-order valence-electron chi connectivity index (χ1n) is 8.53. The summed E-state index contributed by atoms with van der Waals surface area (Å²) in [7, 11) is 0. The summed E-state index contributed by atoms with van der Waals surface area (Å²) < 4.78 is 0. The molecular formula is C20H23N3O. The van der Waals surface area contributed by atoms with E-state index in [9.17, 15) is 4.79 Å². The van der Waals surface area contributed by atoms with E-state index in [2.05, 4.69) is 45.8 Å². The van der Waals surface area contributed by atoms with Crippen molar-refractivity contribution in [3.05, 3.63) is 66.0 Å². The first-order chi connectivity index (χ1) is 11.7. The Morgan fingerprint density at radius 2 is 1.71 bits per heavy atom. The maximum Gasteiger partial charge on any atom is 0.271 e. The molecule has 1 N–H and O–H groups in total. The molecule has 1 aliphatic rings. The Labute approximate surface area is 143 Å². The highest BCUT2D eigenvalue weighted by molar-refractivity contribution is 5.95. The second-order valence-corrected chi connectivity index (χ2v) is 6.39. The van der Waals surface area contributed by atoms with Gasteiger partial charge in [-0.2, -0.15) is 5.10 Å². The summed E-state index contributed by atoms with van der Waals surface area (Å²) in [6.45, 7) is 2.01. The molecule has 0 spiro atoms. The topological polar surface area (TPSA) is 54.4 Å². The van der Waals surface area contributed by atoms with Gasteiger partial charge < -0.3 is 0 Å². The number of pyridine rings is 1. The lowest BCUT2D eigenvalue weighted by atomic mass is 9.77. The molecule has 124 valence electrons. The molecule has 4 nitrogen and oxygen atoms in total. The summed E-state index contributed by atoms with van der Waals surface area (Å²) in [5.74, 6) is 0.930. The first kappa shape index (κ1) is 16.4. The highest BCUT2D eigenvalue weighted by Gasteiger charge is 2.24. The Morgan fingerprint density at radius 3 is 2.38 bits per heavy atom. The number of hydrazone groups is 1. The van der Waals surface area contributed by atoms with Gasteiger partial charge in [-0.25, -0.2) is 5.43 Å². The molecule has 3 rings (SSSR count). The quantitative estimate of drug-likeness (QED) is 0.679. The third kappa shape index (κ3) is 4.07. The molecule has 1 aromatic carbocycles. The number of hydrogen-bond donors (Lipinski definition) is 1. The van der Waals surface area contributed by atoms with Crippen molar-refractivity contribution in [2.24, 2.45) is 11.0 Å². The zero-order valence-corrected chi connectivity index (χ0v) is 14.0. The molecule has 0 saturated heterocycles. The number of aromatic nitrogens is 1. The minimum Gasteiger partial charge on any atom is -0.267 e. The molecule has 1 aliphatic carbocycles. The predicted octanol–water partition coefficient (Wildman–Crippen LogP) is 4.16. The van der Waals surface area contributed by atoms with Gasteiger partial charge in [-0.3, -0.25) is 9.78 Å². The van der Waals surface area contributed by atoms with Gasteiger partial charge in [0, 0.05) is 23.7 Å². The number of benzene rings is 1. The molecule has 0 unspecified atom stereocenters. The van der Waals surface area contributed by atoms with Crippen LogP contribution in [0.15, 0.2) is 60.0 Å². The highest BCUT2D eigenvalue weighted by atomic mass is 16.2. The van der Waals surface area contributed by atoms with E-state index in [0.717, 1.165) is 18.6 Å². The molecule has 1 saturated carbocycles. The van der Waals surface area contributed by atoms with E-state index in [4.69, 9.17) is 0 Å². The van der Waals surface area contributed by atoms with Gasteiger partial charge in [0.1, 0.15) is 0 Å². The summed E-state index contributed by atoms with van der Waals surface area (Å²) in [5, 5.41) is 4.32. The number of carbonyl (C=O) groups excluding carboxylic acids is 1. The van der Waals surface area contributed by atoms with Gasteiger partial charge in [-0.1, -0.05) is 30.3 Å². The fraction of sp³-hybridized carbons (Fsp3) is 0.350. The summed E-state index contributed by atoms with van der Waals surface area (Å²) in [5.41, 5.74) is 5.70. The molecule has 1 aromatic heterocycles. The van der Waals surface area contributed by atoms with Crippen LogP contribution in [-0.2, 0) is 0 Å². The average molecular weight is 321 g/mol. The third-order valence-corrected chi connectivity index (χ3v) is 4.87. The summed E-state index contributed by atoms with van der Waals surface area (Å²) in [6, 6.07) is 14.1. The summed E-state index contributed by atoms with van der Waals surface area (Å²) >= 11 is 0. The van der Waals surface area contributed by atoms with Gasteiger partial charge in [0.15, 0.2) is 0 Å². The van der Waals surface area contributed by atoms with Gasteiger partial charge in [0.25, 0.3) is 5.91 Å². The molecule has 4 heteroatoms. The van der Waals surface area contributed by atoms with Crippen molar-refractivity contribution >= 4 is 11.6 Å². The monoisotopic (exact) mass is 321 g/mol. The lowest BCUT2D eigenvalue weighted by Crippen LogP contribution is -2.24. The van der Waals surface area contributed by atoms with Crippen molar-refractivity contribution in [1.82, 2.24) is 10.4 Å². The van der Waals surface area contributed by atoms with Crippen LogP contribution in [0.4, 0.5) is 0 Å². The third-order valence-electron chi connectivity index (χ3n) is 4.87. The van der Waals surface area contributed by atoms with E-state index in [-0.39, 0.29) is 5.91 Å².